The molecule has 0 saturated carbocycles. The Morgan fingerprint density at radius 2 is 2.00 bits per heavy atom. The number of nitrogens with zero attached hydrogens (tertiary/aromatic N) is 1. The smallest absolute Gasteiger partial charge is 0.306 e. The molecule has 0 aliphatic rings. The zero-order valence-corrected chi connectivity index (χ0v) is 7.39. The summed E-state index contributed by atoms with van der Waals surface area (Å²) in [7, 11) is 1.75. The second kappa shape index (κ2) is 3.03. The van der Waals surface area contributed by atoms with E-state index in [2.05, 4.69) is 4.98 Å². The first-order valence-corrected chi connectivity index (χ1v) is 3.43. The Bertz CT molecular complexity index is 443. The number of fused-ring (bicyclic) bond motifs is 1. The van der Waals surface area contributed by atoms with Gasteiger partial charge in [0.15, 0.2) is 0 Å². The Hall–Kier alpha value is -1.22. The standard InChI is InChI=1S/C8H8N2O.ClH/c1-10-7-5-3-2-4-6(7)9-8(10)11;/h2-5H,1H3,(H,9,11);1H. The number of hydrogen-bond donors (Lipinski definition) is 1. The molecule has 0 atom stereocenters. The molecule has 0 amide bonds. The van der Waals surface area contributed by atoms with Crippen LogP contribution in [-0.4, -0.2) is 9.55 Å². The average molecular weight is 185 g/mol. The summed E-state index contributed by atoms with van der Waals surface area (Å²) in [5.74, 6) is 0. The Balaban J connectivity index is 0.000000720. The Labute approximate surface area is 75.4 Å². The minimum absolute atomic E-state index is 0. The molecule has 1 N–H and O–H groups in total. The van der Waals surface area contributed by atoms with Gasteiger partial charge in [0.2, 0.25) is 0 Å². The molecule has 0 radical (unpaired) electrons. The summed E-state index contributed by atoms with van der Waals surface area (Å²) in [5.41, 5.74) is 1.77. The highest BCUT2D eigenvalue weighted by molar-refractivity contribution is 5.85. The van der Waals surface area contributed by atoms with E-state index >= 15 is 0 Å². The van der Waals surface area contributed by atoms with Crippen molar-refractivity contribution >= 4 is 23.4 Å². The lowest BCUT2D eigenvalue weighted by atomic mass is 10.3. The first-order valence-electron chi connectivity index (χ1n) is 3.43. The molecular formula is C8H9ClN2O. The predicted octanol–water partition coefficient (Wildman–Crippen LogP) is 1.29. The number of rotatable bonds is 0. The van der Waals surface area contributed by atoms with Crippen LogP contribution in [0, 0.1) is 0 Å². The molecule has 3 nitrogen and oxygen atoms in total. The molecular weight excluding hydrogens is 176 g/mol. The number of aryl methyl sites for hydroxylation is 1. The summed E-state index contributed by atoms with van der Waals surface area (Å²) in [4.78, 5) is 13.8. The number of imidazole rings is 1. The number of H-pyrrole nitrogens is 1. The maximum Gasteiger partial charge on any atom is 0.326 e. The molecule has 64 valence electrons. The fraction of sp³-hybridized carbons (Fsp3) is 0.125. The van der Waals surface area contributed by atoms with E-state index in [1.165, 1.54) is 0 Å². The SMILES string of the molecule is Cl.Cn1c(=O)[nH]c2ccccc21. The molecule has 0 spiro atoms. The zero-order chi connectivity index (χ0) is 7.84. The number of halogens is 1. The summed E-state index contributed by atoms with van der Waals surface area (Å²) < 4.78 is 1.59. The van der Waals surface area contributed by atoms with Crippen LogP contribution in [-0.2, 0) is 7.05 Å². The normalized spacial score (nSPS) is 9.75. The molecule has 12 heavy (non-hydrogen) atoms. The first-order chi connectivity index (χ1) is 5.29. The third kappa shape index (κ3) is 1.12. The molecule has 2 rings (SSSR count). The summed E-state index contributed by atoms with van der Waals surface area (Å²) in [6.07, 6.45) is 0. The highest BCUT2D eigenvalue weighted by atomic mass is 35.5. The second-order valence-corrected chi connectivity index (χ2v) is 2.51. The van der Waals surface area contributed by atoms with E-state index in [1.54, 1.807) is 11.6 Å². The van der Waals surface area contributed by atoms with Crippen LogP contribution in [0.2, 0.25) is 0 Å². The van der Waals surface area contributed by atoms with Gasteiger partial charge in [-0.1, -0.05) is 12.1 Å². The number of aromatic nitrogens is 2. The van der Waals surface area contributed by atoms with Gasteiger partial charge in [-0.15, -0.1) is 12.4 Å². The van der Waals surface area contributed by atoms with Crippen LogP contribution >= 0.6 is 12.4 Å². The van der Waals surface area contributed by atoms with E-state index in [0.29, 0.717) is 0 Å². The van der Waals surface area contributed by atoms with Crippen molar-refractivity contribution in [2.24, 2.45) is 7.05 Å². The summed E-state index contributed by atoms with van der Waals surface area (Å²) in [6.45, 7) is 0. The zero-order valence-electron chi connectivity index (χ0n) is 6.57. The maximum atomic E-state index is 11.0. The molecule has 0 unspecified atom stereocenters. The highest BCUT2D eigenvalue weighted by Crippen LogP contribution is 2.06. The van der Waals surface area contributed by atoms with Crippen LogP contribution in [0.1, 0.15) is 0 Å². The van der Waals surface area contributed by atoms with E-state index in [0.717, 1.165) is 11.0 Å². The number of para-hydroxylation sites is 2. The fourth-order valence-corrected chi connectivity index (χ4v) is 1.18. The minimum atomic E-state index is -0.0637. The second-order valence-electron chi connectivity index (χ2n) is 2.51. The Morgan fingerprint density at radius 3 is 2.67 bits per heavy atom. The first kappa shape index (κ1) is 8.87. The largest absolute Gasteiger partial charge is 0.326 e. The van der Waals surface area contributed by atoms with Gasteiger partial charge in [0, 0.05) is 7.05 Å². The number of benzene rings is 1. The lowest BCUT2D eigenvalue weighted by Gasteiger charge is -1.89. The lowest BCUT2D eigenvalue weighted by Crippen LogP contribution is -2.11. The molecule has 0 fully saturated rings. The van der Waals surface area contributed by atoms with Crippen molar-refractivity contribution in [1.29, 1.82) is 0 Å². The van der Waals surface area contributed by atoms with Crippen LogP contribution in [0.25, 0.3) is 11.0 Å². The molecule has 0 bridgehead atoms. The van der Waals surface area contributed by atoms with Gasteiger partial charge in [0.25, 0.3) is 0 Å². The topological polar surface area (TPSA) is 37.8 Å². The van der Waals surface area contributed by atoms with Crippen molar-refractivity contribution < 1.29 is 0 Å². The van der Waals surface area contributed by atoms with E-state index in [9.17, 15) is 4.79 Å². The van der Waals surface area contributed by atoms with Crippen molar-refractivity contribution in [2.45, 2.75) is 0 Å². The van der Waals surface area contributed by atoms with Crippen molar-refractivity contribution in [3.8, 4) is 0 Å². The average Bonchev–Trinajstić information content (AvgIpc) is 2.30. The van der Waals surface area contributed by atoms with Crippen molar-refractivity contribution in [2.75, 3.05) is 0 Å². The molecule has 4 heteroatoms. The molecule has 1 aromatic carbocycles. The van der Waals surface area contributed by atoms with Gasteiger partial charge in [-0.3, -0.25) is 4.57 Å². The third-order valence-corrected chi connectivity index (χ3v) is 1.81. The molecule has 1 heterocycles. The van der Waals surface area contributed by atoms with Gasteiger partial charge in [-0.05, 0) is 12.1 Å². The van der Waals surface area contributed by atoms with Gasteiger partial charge in [0.05, 0.1) is 11.0 Å². The lowest BCUT2D eigenvalue weighted by molar-refractivity contribution is 0.891. The predicted molar refractivity (Wildman–Crippen MR) is 50.8 cm³/mol. The maximum absolute atomic E-state index is 11.0. The molecule has 0 saturated heterocycles. The summed E-state index contributed by atoms with van der Waals surface area (Å²) in [6, 6.07) is 7.61. The van der Waals surface area contributed by atoms with Crippen molar-refractivity contribution in [1.82, 2.24) is 9.55 Å². The van der Waals surface area contributed by atoms with Crippen LogP contribution in [0.4, 0.5) is 0 Å². The van der Waals surface area contributed by atoms with E-state index < -0.39 is 0 Å². The van der Waals surface area contributed by atoms with Crippen LogP contribution < -0.4 is 5.69 Å². The van der Waals surface area contributed by atoms with Gasteiger partial charge in [-0.2, -0.15) is 0 Å². The van der Waals surface area contributed by atoms with Gasteiger partial charge < -0.3 is 4.98 Å². The Kier molecular flexibility index (Phi) is 2.24. The van der Waals surface area contributed by atoms with Crippen molar-refractivity contribution in [3.05, 3.63) is 34.7 Å². The van der Waals surface area contributed by atoms with Crippen LogP contribution in [0.15, 0.2) is 29.1 Å². The van der Waals surface area contributed by atoms with E-state index in [4.69, 9.17) is 0 Å². The molecule has 1 aromatic heterocycles. The van der Waals surface area contributed by atoms with E-state index in [-0.39, 0.29) is 18.1 Å². The third-order valence-electron chi connectivity index (χ3n) is 1.81. The monoisotopic (exact) mass is 184 g/mol. The fourth-order valence-electron chi connectivity index (χ4n) is 1.18. The van der Waals surface area contributed by atoms with Crippen LogP contribution in [0.5, 0.6) is 0 Å². The number of nitrogens with one attached hydrogen (secondary N) is 1. The van der Waals surface area contributed by atoms with Crippen LogP contribution in [0.3, 0.4) is 0 Å². The quantitative estimate of drug-likeness (QED) is 0.658. The summed E-state index contributed by atoms with van der Waals surface area (Å²) in [5, 5.41) is 0. The molecule has 0 aliphatic carbocycles. The highest BCUT2D eigenvalue weighted by Gasteiger charge is 1.98. The van der Waals surface area contributed by atoms with Gasteiger partial charge in [-0.25, -0.2) is 4.79 Å². The molecule has 2 aromatic rings. The molecule has 0 aliphatic heterocycles. The minimum Gasteiger partial charge on any atom is -0.306 e. The Morgan fingerprint density at radius 1 is 1.33 bits per heavy atom. The number of hydrogen-bond acceptors (Lipinski definition) is 1. The van der Waals surface area contributed by atoms with Gasteiger partial charge >= 0.3 is 5.69 Å². The van der Waals surface area contributed by atoms with Crippen molar-refractivity contribution in [3.63, 3.8) is 0 Å². The number of aromatic amines is 1. The summed E-state index contributed by atoms with van der Waals surface area (Å²) >= 11 is 0. The van der Waals surface area contributed by atoms with E-state index in [1.807, 2.05) is 24.3 Å². The van der Waals surface area contributed by atoms with Gasteiger partial charge in [0.1, 0.15) is 0 Å².